The molecule has 0 bridgehead atoms. The molecule has 0 N–H and O–H groups in total. The molecule has 0 aliphatic carbocycles. The summed E-state index contributed by atoms with van der Waals surface area (Å²) in [5.41, 5.74) is 0.905. The van der Waals surface area contributed by atoms with Gasteiger partial charge in [0.25, 0.3) is 0 Å². The third kappa shape index (κ3) is 2.54. The predicted octanol–water partition coefficient (Wildman–Crippen LogP) is 2.03. The molecule has 1 aromatic heterocycles. The second-order valence-electron chi connectivity index (χ2n) is 4.98. The van der Waals surface area contributed by atoms with Gasteiger partial charge in [0, 0.05) is 19.5 Å². The second kappa shape index (κ2) is 5.03. The molecule has 1 fully saturated rings. The standard InChI is InChI=1S/C14H14FN3O2/c1-9-16-14(20-17-9)11-6-13(19)18(8-11)7-10-2-4-12(15)5-3-10/h2-5,11H,6-8H2,1H3/t11-/m0/s1. The lowest BCUT2D eigenvalue weighted by atomic mass is 10.1. The van der Waals surface area contributed by atoms with Crippen molar-refractivity contribution in [3.8, 4) is 0 Å². The number of likely N-dealkylation sites (tertiary alicyclic amines) is 1. The Morgan fingerprint density at radius 1 is 1.40 bits per heavy atom. The quantitative estimate of drug-likeness (QED) is 0.860. The second-order valence-corrected chi connectivity index (χ2v) is 4.98. The average Bonchev–Trinajstić information content (AvgIpc) is 3.00. The van der Waals surface area contributed by atoms with Crippen LogP contribution in [0.4, 0.5) is 4.39 Å². The Balaban J connectivity index is 1.69. The molecular weight excluding hydrogens is 261 g/mol. The highest BCUT2D eigenvalue weighted by Crippen LogP contribution is 2.28. The molecule has 20 heavy (non-hydrogen) atoms. The highest BCUT2D eigenvalue weighted by molar-refractivity contribution is 5.79. The highest BCUT2D eigenvalue weighted by Gasteiger charge is 2.33. The van der Waals surface area contributed by atoms with Crippen LogP contribution in [0.1, 0.15) is 29.6 Å². The normalized spacial score (nSPS) is 18.8. The van der Waals surface area contributed by atoms with E-state index in [4.69, 9.17) is 4.52 Å². The molecule has 0 unspecified atom stereocenters. The van der Waals surface area contributed by atoms with Gasteiger partial charge in [-0.2, -0.15) is 4.98 Å². The third-order valence-electron chi connectivity index (χ3n) is 3.39. The SMILES string of the molecule is Cc1noc([C@H]2CC(=O)N(Cc3ccc(F)cc3)C2)n1. The highest BCUT2D eigenvalue weighted by atomic mass is 19.1. The molecule has 2 heterocycles. The van der Waals surface area contributed by atoms with Crippen LogP contribution >= 0.6 is 0 Å². The largest absolute Gasteiger partial charge is 0.339 e. The molecule has 0 radical (unpaired) electrons. The van der Waals surface area contributed by atoms with Gasteiger partial charge in [0.05, 0.1) is 5.92 Å². The van der Waals surface area contributed by atoms with Crippen molar-refractivity contribution in [3.63, 3.8) is 0 Å². The van der Waals surface area contributed by atoms with Gasteiger partial charge in [-0.05, 0) is 24.6 Å². The fraction of sp³-hybridized carbons (Fsp3) is 0.357. The van der Waals surface area contributed by atoms with Crippen molar-refractivity contribution in [2.24, 2.45) is 0 Å². The number of hydrogen-bond donors (Lipinski definition) is 0. The van der Waals surface area contributed by atoms with Gasteiger partial charge in [-0.25, -0.2) is 4.39 Å². The summed E-state index contributed by atoms with van der Waals surface area (Å²) >= 11 is 0. The lowest BCUT2D eigenvalue weighted by Gasteiger charge is -2.15. The van der Waals surface area contributed by atoms with Crippen LogP contribution < -0.4 is 0 Å². The molecule has 104 valence electrons. The molecule has 1 aliphatic rings. The number of amides is 1. The summed E-state index contributed by atoms with van der Waals surface area (Å²) in [4.78, 5) is 17.9. The molecule has 6 heteroatoms. The summed E-state index contributed by atoms with van der Waals surface area (Å²) < 4.78 is 18.0. The number of nitrogens with zero attached hydrogens (tertiary/aromatic N) is 3. The van der Waals surface area contributed by atoms with Gasteiger partial charge < -0.3 is 9.42 Å². The molecule has 1 amide bonds. The topological polar surface area (TPSA) is 59.2 Å². The first kappa shape index (κ1) is 12.8. The number of aromatic nitrogens is 2. The number of benzene rings is 1. The van der Waals surface area contributed by atoms with E-state index in [1.165, 1.54) is 12.1 Å². The minimum atomic E-state index is -0.277. The summed E-state index contributed by atoms with van der Waals surface area (Å²) in [6, 6.07) is 6.17. The van der Waals surface area contributed by atoms with E-state index in [1.807, 2.05) is 0 Å². The van der Waals surface area contributed by atoms with Gasteiger partial charge in [-0.3, -0.25) is 4.79 Å². The molecule has 1 saturated heterocycles. The maximum atomic E-state index is 12.9. The minimum absolute atomic E-state index is 0.0511. The summed E-state index contributed by atoms with van der Waals surface area (Å²) in [5, 5.41) is 3.75. The van der Waals surface area contributed by atoms with Gasteiger partial charge in [0.1, 0.15) is 5.82 Å². The van der Waals surface area contributed by atoms with E-state index in [0.717, 1.165) is 5.56 Å². The van der Waals surface area contributed by atoms with E-state index in [9.17, 15) is 9.18 Å². The van der Waals surface area contributed by atoms with Crippen molar-refractivity contribution in [1.29, 1.82) is 0 Å². The zero-order valence-electron chi connectivity index (χ0n) is 11.0. The zero-order valence-corrected chi connectivity index (χ0v) is 11.0. The fourth-order valence-electron chi connectivity index (χ4n) is 2.38. The first-order valence-corrected chi connectivity index (χ1v) is 6.44. The molecule has 0 saturated carbocycles. The summed E-state index contributed by atoms with van der Waals surface area (Å²) in [6.45, 7) is 2.78. The summed E-state index contributed by atoms with van der Waals surface area (Å²) in [5.74, 6) is 0.807. The number of carbonyl (C=O) groups excluding carboxylic acids is 1. The van der Waals surface area contributed by atoms with Crippen LogP contribution in [0.2, 0.25) is 0 Å². The van der Waals surface area contributed by atoms with Gasteiger partial charge in [-0.15, -0.1) is 0 Å². The number of carbonyl (C=O) groups is 1. The Hall–Kier alpha value is -2.24. The molecule has 1 atom stereocenters. The van der Waals surface area contributed by atoms with Crippen LogP contribution in [0.15, 0.2) is 28.8 Å². The van der Waals surface area contributed by atoms with Crippen LogP contribution in [0.3, 0.4) is 0 Å². The van der Waals surface area contributed by atoms with E-state index in [0.29, 0.717) is 31.2 Å². The Kier molecular flexibility index (Phi) is 3.22. The molecule has 0 spiro atoms. The lowest BCUT2D eigenvalue weighted by Crippen LogP contribution is -2.24. The van der Waals surface area contributed by atoms with E-state index >= 15 is 0 Å². The van der Waals surface area contributed by atoms with Gasteiger partial charge >= 0.3 is 0 Å². The first-order valence-electron chi connectivity index (χ1n) is 6.44. The lowest BCUT2D eigenvalue weighted by molar-refractivity contribution is -0.128. The van der Waals surface area contributed by atoms with Crippen LogP contribution in [-0.4, -0.2) is 27.5 Å². The van der Waals surface area contributed by atoms with E-state index in [-0.39, 0.29) is 17.6 Å². The van der Waals surface area contributed by atoms with Crippen molar-refractivity contribution in [2.75, 3.05) is 6.54 Å². The third-order valence-corrected chi connectivity index (χ3v) is 3.39. The minimum Gasteiger partial charge on any atom is -0.339 e. The predicted molar refractivity (Wildman–Crippen MR) is 68.2 cm³/mol. The number of halogens is 1. The summed E-state index contributed by atoms with van der Waals surface area (Å²) in [7, 11) is 0. The monoisotopic (exact) mass is 275 g/mol. The molecule has 5 nitrogen and oxygen atoms in total. The maximum absolute atomic E-state index is 12.9. The molecule has 1 aromatic carbocycles. The van der Waals surface area contributed by atoms with Crippen LogP contribution in [0.5, 0.6) is 0 Å². The van der Waals surface area contributed by atoms with Gasteiger partial charge in [-0.1, -0.05) is 17.3 Å². The number of rotatable bonds is 3. The molecule has 1 aliphatic heterocycles. The van der Waals surface area contributed by atoms with Gasteiger partial charge in [0.2, 0.25) is 11.8 Å². The summed E-state index contributed by atoms with van der Waals surface area (Å²) in [6.07, 6.45) is 0.378. The van der Waals surface area contributed by atoms with Crippen molar-refractivity contribution >= 4 is 5.91 Å². The van der Waals surface area contributed by atoms with Crippen LogP contribution in [0, 0.1) is 12.7 Å². The fourth-order valence-corrected chi connectivity index (χ4v) is 2.38. The Bertz CT molecular complexity index is 624. The Labute approximate surface area is 115 Å². The van der Waals surface area contributed by atoms with Crippen LogP contribution in [-0.2, 0) is 11.3 Å². The van der Waals surface area contributed by atoms with E-state index in [1.54, 1.807) is 24.0 Å². The van der Waals surface area contributed by atoms with Crippen LogP contribution in [0.25, 0.3) is 0 Å². The van der Waals surface area contributed by atoms with E-state index < -0.39 is 0 Å². The first-order chi connectivity index (χ1) is 9.61. The van der Waals surface area contributed by atoms with Crippen molar-refractivity contribution in [1.82, 2.24) is 15.0 Å². The molecule has 2 aromatic rings. The maximum Gasteiger partial charge on any atom is 0.232 e. The van der Waals surface area contributed by atoms with Crippen molar-refractivity contribution < 1.29 is 13.7 Å². The van der Waals surface area contributed by atoms with Crippen molar-refractivity contribution in [3.05, 3.63) is 47.4 Å². The van der Waals surface area contributed by atoms with Crippen molar-refractivity contribution in [2.45, 2.75) is 25.8 Å². The van der Waals surface area contributed by atoms with Gasteiger partial charge in [0.15, 0.2) is 5.82 Å². The smallest absolute Gasteiger partial charge is 0.232 e. The van der Waals surface area contributed by atoms with E-state index in [2.05, 4.69) is 10.1 Å². The zero-order chi connectivity index (χ0) is 14.1. The Morgan fingerprint density at radius 2 is 2.15 bits per heavy atom. The number of aryl methyl sites for hydroxylation is 1. The average molecular weight is 275 g/mol. The molecule has 3 rings (SSSR count). The molecular formula is C14H14FN3O2. The Morgan fingerprint density at radius 3 is 2.80 bits per heavy atom. The number of hydrogen-bond acceptors (Lipinski definition) is 4.